The van der Waals surface area contributed by atoms with Crippen molar-refractivity contribution in [2.24, 2.45) is 0 Å². The van der Waals surface area contributed by atoms with Gasteiger partial charge in [0, 0.05) is 24.8 Å². The number of amides is 1. The van der Waals surface area contributed by atoms with Crippen molar-refractivity contribution in [1.82, 2.24) is 0 Å². The molecule has 1 unspecified atom stereocenters. The van der Waals surface area contributed by atoms with Gasteiger partial charge in [0.15, 0.2) is 6.17 Å². The van der Waals surface area contributed by atoms with Crippen LogP contribution in [-0.2, 0) is 5.41 Å². The van der Waals surface area contributed by atoms with Crippen LogP contribution in [0.1, 0.15) is 44.2 Å². The summed E-state index contributed by atoms with van der Waals surface area (Å²) < 4.78 is 6.61. The maximum atomic E-state index is 12.4. The van der Waals surface area contributed by atoms with Gasteiger partial charge in [-0.05, 0) is 54.3 Å². The Labute approximate surface area is 190 Å². The summed E-state index contributed by atoms with van der Waals surface area (Å²) >= 11 is 0. The number of nitrogens with one attached hydrogen (secondary N) is 1. The number of fused-ring (bicyclic) bond motifs is 3. The van der Waals surface area contributed by atoms with Gasteiger partial charge < -0.3 is 31.1 Å². The maximum Gasteiger partial charge on any atom is 0.417 e. The highest BCUT2D eigenvalue weighted by Crippen LogP contribution is 2.53. The molecule has 6 heteroatoms. The molecule has 1 amide bonds. The number of hydrogen-bond donors (Lipinski definition) is 1. The van der Waals surface area contributed by atoms with Gasteiger partial charge in [0.25, 0.3) is 0 Å². The highest BCUT2D eigenvalue weighted by molar-refractivity contribution is 5.86. The molecule has 2 heterocycles. The molecular weight excluding hydrogens is 442 g/mol. The van der Waals surface area contributed by atoms with Crippen LogP contribution >= 0.6 is 0 Å². The van der Waals surface area contributed by atoms with E-state index in [4.69, 9.17) is 4.74 Å². The molecule has 30 heavy (non-hydrogen) atoms. The minimum atomic E-state index is -0.460. The first-order valence-electron chi connectivity index (χ1n) is 10.4. The number of carbonyl (C=O) groups is 1. The van der Waals surface area contributed by atoms with E-state index < -0.39 is 6.09 Å². The van der Waals surface area contributed by atoms with Gasteiger partial charge >= 0.3 is 6.09 Å². The van der Waals surface area contributed by atoms with Crippen molar-refractivity contribution < 1.29 is 31.0 Å². The van der Waals surface area contributed by atoms with Crippen LogP contribution in [0.25, 0.3) is 0 Å². The third kappa shape index (κ3) is 3.71. The smallest absolute Gasteiger partial charge is 0.417 e. The summed E-state index contributed by atoms with van der Waals surface area (Å²) in [6.45, 7) is 7.78. The normalized spacial score (nSPS) is 23.6. The summed E-state index contributed by atoms with van der Waals surface area (Å²) in [6, 6.07) is 13.9. The summed E-state index contributed by atoms with van der Waals surface area (Å²) in [6.07, 6.45) is 1.07. The van der Waals surface area contributed by atoms with E-state index in [0.717, 1.165) is 23.1 Å². The Bertz CT molecular complexity index is 942. The van der Waals surface area contributed by atoms with E-state index in [0.29, 0.717) is 17.8 Å². The molecule has 0 aliphatic carbocycles. The molecule has 1 N–H and O–H groups in total. The minimum Gasteiger partial charge on any atom is -1.00 e. The minimum absolute atomic E-state index is 0. The highest BCUT2D eigenvalue weighted by Gasteiger charge is 2.59. The third-order valence-corrected chi connectivity index (χ3v) is 6.80. The van der Waals surface area contributed by atoms with Crippen LogP contribution in [0.3, 0.4) is 0 Å². The first-order valence-corrected chi connectivity index (χ1v) is 10.4. The molecule has 0 spiro atoms. The Balaban J connectivity index is 0.00000256. The lowest BCUT2D eigenvalue weighted by atomic mass is 9.81. The molecular formula is C24H32BrN3O2. The third-order valence-electron chi connectivity index (χ3n) is 6.80. The second-order valence-electron chi connectivity index (χ2n) is 9.62. The lowest BCUT2D eigenvalue weighted by molar-refractivity contribution is -0.903. The van der Waals surface area contributed by atoms with Crippen LogP contribution in [0.15, 0.2) is 42.5 Å². The number of carbonyl (C=O) groups excluding carboxylic acids is 1. The fraction of sp³-hybridized carbons (Fsp3) is 0.458. The van der Waals surface area contributed by atoms with E-state index in [1.54, 1.807) is 0 Å². The lowest BCUT2D eigenvalue weighted by Gasteiger charge is -2.38. The zero-order chi connectivity index (χ0) is 21.0. The fourth-order valence-corrected chi connectivity index (χ4v) is 5.39. The van der Waals surface area contributed by atoms with Crippen LogP contribution in [0.5, 0.6) is 5.75 Å². The molecule has 162 valence electrons. The van der Waals surface area contributed by atoms with Crippen molar-refractivity contribution >= 4 is 17.5 Å². The number of hydrogen-bond acceptors (Lipinski definition) is 3. The van der Waals surface area contributed by atoms with E-state index in [-0.39, 0.29) is 22.4 Å². The standard InChI is InChI=1S/C24H31N3O2.BrH/c1-16(2)17-7-9-18(10-8-17)25-23(28)29-19-11-12-21-20(15-19)24(3)13-14-27(5,6)22(24)26(21)4;/h7-12,15-16,22H,13-14H2,1-6H3;1H/t22?,24-;/m0./s1. The van der Waals surface area contributed by atoms with Crippen molar-refractivity contribution in [2.45, 2.75) is 44.7 Å². The Kier molecular flexibility index (Phi) is 5.95. The van der Waals surface area contributed by atoms with Crippen molar-refractivity contribution in [3.8, 4) is 5.75 Å². The molecule has 1 saturated heterocycles. The van der Waals surface area contributed by atoms with Crippen LogP contribution < -0.4 is 31.9 Å². The number of halogens is 1. The molecule has 4 rings (SSSR count). The van der Waals surface area contributed by atoms with Gasteiger partial charge in [-0.25, -0.2) is 4.79 Å². The zero-order valence-corrected chi connectivity index (χ0v) is 20.3. The largest absolute Gasteiger partial charge is 1.00 e. The fourth-order valence-electron chi connectivity index (χ4n) is 5.39. The summed E-state index contributed by atoms with van der Waals surface area (Å²) in [5.41, 5.74) is 4.56. The average Bonchev–Trinajstić information content (AvgIpc) is 3.04. The summed E-state index contributed by atoms with van der Waals surface area (Å²) in [7, 11) is 6.77. The first-order chi connectivity index (χ1) is 13.6. The van der Waals surface area contributed by atoms with Gasteiger partial charge in [-0.2, -0.15) is 0 Å². The number of anilines is 2. The predicted molar refractivity (Wildman–Crippen MR) is 118 cm³/mol. The quantitative estimate of drug-likeness (QED) is 0.692. The Morgan fingerprint density at radius 1 is 1.20 bits per heavy atom. The first kappa shape index (κ1) is 22.6. The van der Waals surface area contributed by atoms with Crippen LogP contribution in [0.2, 0.25) is 0 Å². The number of nitrogens with zero attached hydrogens (tertiary/aromatic N) is 2. The summed E-state index contributed by atoms with van der Waals surface area (Å²) in [5.74, 6) is 1.05. The number of benzene rings is 2. The number of rotatable bonds is 3. The van der Waals surface area contributed by atoms with Gasteiger partial charge in [0.05, 0.1) is 26.1 Å². The van der Waals surface area contributed by atoms with Gasteiger partial charge in [-0.15, -0.1) is 0 Å². The molecule has 2 aliphatic heterocycles. The maximum absolute atomic E-state index is 12.4. The summed E-state index contributed by atoms with van der Waals surface area (Å²) in [4.78, 5) is 14.8. The zero-order valence-electron chi connectivity index (χ0n) is 18.7. The molecule has 2 aromatic carbocycles. The highest BCUT2D eigenvalue weighted by atomic mass is 79.9. The molecule has 1 fully saturated rings. The Morgan fingerprint density at radius 3 is 2.50 bits per heavy atom. The number of likely N-dealkylation sites (N-methyl/N-ethyl adjacent to an activating group) is 2. The molecule has 2 aliphatic rings. The van der Waals surface area contributed by atoms with Crippen LogP contribution in [-0.4, -0.2) is 44.4 Å². The molecule has 0 saturated carbocycles. The topological polar surface area (TPSA) is 41.6 Å². The van der Waals surface area contributed by atoms with Gasteiger partial charge in [0.1, 0.15) is 5.75 Å². The Morgan fingerprint density at radius 2 is 1.87 bits per heavy atom. The SMILES string of the molecule is CC(C)c1ccc(NC(=O)Oc2ccc3c(c2)[C@]2(C)CC[N+](C)(C)C2N3C)cc1.[Br-]. The van der Waals surface area contributed by atoms with Crippen LogP contribution in [0.4, 0.5) is 16.2 Å². The monoisotopic (exact) mass is 473 g/mol. The van der Waals surface area contributed by atoms with E-state index in [1.165, 1.54) is 16.8 Å². The van der Waals surface area contributed by atoms with Gasteiger partial charge in [-0.3, -0.25) is 5.32 Å². The average molecular weight is 474 g/mol. The second kappa shape index (κ2) is 7.89. The molecule has 5 nitrogen and oxygen atoms in total. The van der Waals surface area contributed by atoms with E-state index in [2.05, 4.69) is 64.3 Å². The second-order valence-corrected chi connectivity index (χ2v) is 9.62. The molecule has 0 bridgehead atoms. The van der Waals surface area contributed by atoms with Gasteiger partial charge in [0.2, 0.25) is 0 Å². The van der Waals surface area contributed by atoms with Crippen molar-refractivity contribution in [3.63, 3.8) is 0 Å². The summed E-state index contributed by atoms with van der Waals surface area (Å²) in [5, 5.41) is 2.83. The van der Waals surface area contributed by atoms with E-state index in [1.807, 2.05) is 30.3 Å². The predicted octanol–water partition coefficient (Wildman–Crippen LogP) is 1.94. The molecule has 2 atom stereocenters. The number of ether oxygens (including phenoxy) is 1. The van der Waals surface area contributed by atoms with Gasteiger partial charge in [-0.1, -0.05) is 26.0 Å². The number of quaternary nitrogens is 1. The molecule has 2 aromatic rings. The lowest BCUT2D eigenvalue weighted by Crippen LogP contribution is -3.00. The van der Waals surface area contributed by atoms with E-state index >= 15 is 0 Å². The number of likely N-dealkylation sites (tertiary alicyclic amines) is 1. The molecule has 0 aromatic heterocycles. The van der Waals surface area contributed by atoms with Crippen molar-refractivity contribution in [1.29, 1.82) is 0 Å². The van der Waals surface area contributed by atoms with Crippen molar-refractivity contribution in [2.75, 3.05) is 37.9 Å². The van der Waals surface area contributed by atoms with Crippen LogP contribution in [0, 0.1) is 0 Å². The van der Waals surface area contributed by atoms with E-state index in [9.17, 15) is 4.79 Å². The Hall–Kier alpha value is -2.05. The molecule has 0 radical (unpaired) electrons. The van der Waals surface area contributed by atoms with Crippen molar-refractivity contribution in [3.05, 3.63) is 53.6 Å².